The largest absolute Gasteiger partial charge is 0.481 e. The fourth-order valence-electron chi connectivity index (χ4n) is 1.44. The maximum atomic E-state index is 10.4. The van der Waals surface area contributed by atoms with Crippen LogP contribution in [0.2, 0.25) is 10.0 Å². The second kappa shape index (κ2) is 6.09. The normalized spacial score (nSPS) is 12.4. The number of hydrogen-bond acceptors (Lipinski definition) is 2. The molecule has 0 fully saturated rings. The zero-order valence-corrected chi connectivity index (χ0v) is 10.1. The molecule has 3 nitrogen and oxygen atoms in total. The van der Waals surface area contributed by atoms with Gasteiger partial charge in [0.1, 0.15) is 0 Å². The van der Waals surface area contributed by atoms with E-state index in [9.17, 15) is 4.79 Å². The number of carbonyl (C=O) groups is 1. The fraction of sp³-hybridized carbons (Fsp3) is 0.364. The van der Waals surface area contributed by atoms with Crippen LogP contribution in [-0.2, 0) is 4.79 Å². The number of halogens is 2. The first-order chi connectivity index (χ1) is 7.52. The molecule has 1 aromatic carbocycles. The van der Waals surface area contributed by atoms with Crippen LogP contribution >= 0.6 is 23.2 Å². The van der Waals surface area contributed by atoms with Crippen LogP contribution < -0.4 is 5.73 Å². The van der Waals surface area contributed by atoms with Gasteiger partial charge in [0.15, 0.2) is 0 Å². The van der Waals surface area contributed by atoms with Crippen LogP contribution in [0.5, 0.6) is 0 Å². The molecule has 5 heteroatoms. The smallest absolute Gasteiger partial charge is 0.303 e. The predicted molar refractivity (Wildman–Crippen MR) is 64.9 cm³/mol. The van der Waals surface area contributed by atoms with E-state index in [1.807, 2.05) is 0 Å². The third kappa shape index (κ3) is 3.67. The summed E-state index contributed by atoms with van der Waals surface area (Å²) in [5.41, 5.74) is 6.68. The average molecular weight is 262 g/mol. The molecular formula is C11H13Cl2NO2. The van der Waals surface area contributed by atoms with E-state index < -0.39 is 5.97 Å². The maximum Gasteiger partial charge on any atom is 0.303 e. The lowest BCUT2D eigenvalue weighted by Gasteiger charge is -2.13. The minimum absolute atomic E-state index is 0.117. The molecule has 0 aliphatic heterocycles. The second-order valence-electron chi connectivity index (χ2n) is 3.54. The number of carboxylic acid groups (broad SMARTS) is 1. The summed E-state index contributed by atoms with van der Waals surface area (Å²) in [5, 5.41) is 9.42. The third-order valence-electron chi connectivity index (χ3n) is 2.29. The Balaban J connectivity index is 2.62. The molecule has 0 unspecified atom stereocenters. The molecule has 1 aromatic rings. The van der Waals surface area contributed by atoms with Crippen molar-refractivity contribution >= 4 is 29.2 Å². The molecule has 0 aliphatic carbocycles. The molecule has 0 aliphatic rings. The SMILES string of the molecule is N[C@@H](CCCC(=O)O)c1cccc(Cl)c1Cl. The van der Waals surface area contributed by atoms with E-state index in [2.05, 4.69) is 0 Å². The number of aliphatic carboxylic acids is 1. The Morgan fingerprint density at radius 1 is 1.44 bits per heavy atom. The van der Waals surface area contributed by atoms with Gasteiger partial charge >= 0.3 is 5.97 Å². The number of carboxylic acids is 1. The van der Waals surface area contributed by atoms with Crippen molar-refractivity contribution in [3.63, 3.8) is 0 Å². The summed E-state index contributed by atoms with van der Waals surface area (Å²) in [6, 6.07) is 5.00. The number of benzene rings is 1. The van der Waals surface area contributed by atoms with E-state index in [0.29, 0.717) is 22.9 Å². The summed E-state index contributed by atoms with van der Waals surface area (Å²) in [6.07, 6.45) is 1.22. The van der Waals surface area contributed by atoms with Gasteiger partial charge < -0.3 is 10.8 Å². The Kier molecular flexibility index (Phi) is 5.06. The van der Waals surface area contributed by atoms with Crippen molar-refractivity contribution in [1.29, 1.82) is 0 Å². The van der Waals surface area contributed by atoms with Gasteiger partial charge in [0, 0.05) is 12.5 Å². The highest BCUT2D eigenvalue weighted by atomic mass is 35.5. The Morgan fingerprint density at radius 3 is 2.75 bits per heavy atom. The summed E-state index contributed by atoms with van der Waals surface area (Å²) in [5.74, 6) is -0.815. The summed E-state index contributed by atoms with van der Waals surface area (Å²) in [7, 11) is 0. The lowest BCUT2D eigenvalue weighted by atomic mass is 10.0. The van der Waals surface area contributed by atoms with Crippen LogP contribution in [0.3, 0.4) is 0 Å². The summed E-state index contributed by atoms with van der Waals surface area (Å²) >= 11 is 11.9. The molecule has 0 radical (unpaired) electrons. The van der Waals surface area contributed by atoms with Crippen LogP contribution in [0, 0.1) is 0 Å². The highest BCUT2D eigenvalue weighted by molar-refractivity contribution is 6.42. The van der Waals surface area contributed by atoms with Gasteiger partial charge in [-0.25, -0.2) is 0 Å². The van der Waals surface area contributed by atoms with E-state index in [1.54, 1.807) is 18.2 Å². The molecule has 0 amide bonds. The predicted octanol–water partition coefficient (Wildman–Crippen LogP) is 3.25. The van der Waals surface area contributed by atoms with Gasteiger partial charge in [-0.3, -0.25) is 4.79 Å². The molecule has 3 N–H and O–H groups in total. The van der Waals surface area contributed by atoms with Crippen molar-refractivity contribution in [3.8, 4) is 0 Å². The molecular weight excluding hydrogens is 249 g/mol. The number of hydrogen-bond donors (Lipinski definition) is 2. The van der Waals surface area contributed by atoms with E-state index in [4.69, 9.17) is 34.0 Å². The lowest BCUT2D eigenvalue weighted by molar-refractivity contribution is -0.137. The molecule has 1 atom stereocenters. The summed E-state index contributed by atoms with van der Waals surface area (Å²) < 4.78 is 0. The van der Waals surface area contributed by atoms with E-state index in [-0.39, 0.29) is 12.5 Å². The van der Waals surface area contributed by atoms with Gasteiger partial charge in [0.25, 0.3) is 0 Å². The zero-order valence-electron chi connectivity index (χ0n) is 8.62. The standard InChI is InChI=1S/C11H13Cl2NO2/c12-8-4-1-3-7(11(8)13)9(14)5-2-6-10(15)16/h1,3-4,9H,2,5-6,14H2,(H,15,16)/t9-/m0/s1. The number of nitrogens with two attached hydrogens (primary N) is 1. The molecule has 16 heavy (non-hydrogen) atoms. The van der Waals surface area contributed by atoms with Crippen LogP contribution in [-0.4, -0.2) is 11.1 Å². The van der Waals surface area contributed by atoms with Crippen LogP contribution in [0.4, 0.5) is 0 Å². The molecule has 0 heterocycles. The lowest BCUT2D eigenvalue weighted by Crippen LogP contribution is -2.11. The summed E-state index contributed by atoms with van der Waals surface area (Å²) in [4.78, 5) is 10.4. The van der Waals surface area contributed by atoms with Gasteiger partial charge in [0.2, 0.25) is 0 Å². The first-order valence-electron chi connectivity index (χ1n) is 4.93. The van der Waals surface area contributed by atoms with Crippen LogP contribution in [0.15, 0.2) is 18.2 Å². The van der Waals surface area contributed by atoms with Gasteiger partial charge in [-0.05, 0) is 24.5 Å². The molecule has 88 valence electrons. The molecule has 0 saturated heterocycles. The first-order valence-corrected chi connectivity index (χ1v) is 5.69. The molecule has 1 rings (SSSR count). The molecule has 0 bridgehead atoms. The highest BCUT2D eigenvalue weighted by Crippen LogP contribution is 2.30. The average Bonchev–Trinajstić information content (AvgIpc) is 2.21. The fourth-order valence-corrected chi connectivity index (χ4v) is 1.88. The minimum Gasteiger partial charge on any atom is -0.481 e. The van der Waals surface area contributed by atoms with Crippen molar-refractivity contribution in [3.05, 3.63) is 33.8 Å². The van der Waals surface area contributed by atoms with Crippen LogP contribution in [0.25, 0.3) is 0 Å². The second-order valence-corrected chi connectivity index (χ2v) is 4.32. The van der Waals surface area contributed by atoms with Gasteiger partial charge in [-0.15, -0.1) is 0 Å². The Labute approximate surface area is 104 Å². The Morgan fingerprint density at radius 2 is 2.12 bits per heavy atom. The van der Waals surface area contributed by atoms with Crippen molar-refractivity contribution in [2.24, 2.45) is 5.73 Å². The first kappa shape index (κ1) is 13.3. The Hall–Kier alpha value is -0.770. The maximum absolute atomic E-state index is 10.4. The van der Waals surface area contributed by atoms with E-state index >= 15 is 0 Å². The highest BCUT2D eigenvalue weighted by Gasteiger charge is 2.12. The van der Waals surface area contributed by atoms with E-state index in [0.717, 1.165) is 5.56 Å². The van der Waals surface area contributed by atoms with Gasteiger partial charge in [-0.2, -0.15) is 0 Å². The van der Waals surface area contributed by atoms with Crippen molar-refractivity contribution < 1.29 is 9.90 Å². The molecule has 0 spiro atoms. The van der Waals surface area contributed by atoms with Crippen molar-refractivity contribution in [2.45, 2.75) is 25.3 Å². The quantitative estimate of drug-likeness (QED) is 0.856. The molecule has 0 aromatic heterocycles. The zero-order chi connectivity index (χ0) is 12.1. The van der Waals surface area contributed by atoms with E-state index in [1.165, 1.54) is 0 Å². The van der Waals surface area contributed by atoms with Gasteiger partial charge in [-0.1, -0.05) is 35.3 Å². The monoisotopic (exact) mass is 261 g/mol. The van der Waals surface area contributed by atoms with Crippen molar-refractivity contribution in [1.82, 2.24) is 0 Å². The topological polar surface area (TPSA) is 63.3 Å². The summed E-state index contributed by atoms with van der Waals surface area (Å²) in [6.45, 7) is 0. The minimum atomic E-state index is -0.815. The Bertz CT molecular complexity index is 382. The van der Waals surface area contributed by atoms with Gasteiger partial charge in [0.05, 0.1) is 10.0 Å². The molecule has 0 saturated carbocycles. The van der Waals surface area contributed by atoms with Crippen LogP contribution in [0.1, 0.15) is 30.9 Å². The third-order valence-corrected chi connectivity index (χ3v) is 3.12. The van der Waals surface area contributed by atoms with Crippen molar-refractivity contribution in [2.75, 3.05) is 0 Å². The number of rotatable bonds is 5.